The number of ether oxygens (including phenoxy) is 2. The smallest absolute Gasteiger partial charge is 0.258 e. The lowest BCUT2D eigenvalue weighted by Crippen LogP contribution is -3.12. The van der Waals surface area contributed by atoms with Crippen LogP contribution < -0.4 is 15.6 Å². The number of benzene rings is 1. The first-order valence-corrected chi connectivity index (χ1v) is 12.3. The number of amides is 1. The number of hydrogen-bond acceptors (Lipinski definition) is 6. The van der Waals surface area contributed by atoms with Gasteiger partial charge in [0.1, 0.15) is 26.2 Å². The van der Waals surface area contributed by atoms with E-state index in [-0.39, 0.29) is 29.9 Å². The van der Waals surface area contributed by atoms with Crippen LogP contribution in [0.1, 0.15) is 23.6 Å². The Kier molecular flexibility index (Phi) is 6.99. The van der Waals surface area contributed by atoms with Crippen molar-refractivity contribution in [1.29, 1.82) is 0 Å². The average Bonchev–Trinajstić information content (AvgIpc) is 2.85. The number of nitrogens with one attached hydrogen (secondary N) is 1. The van der Waals surface area contributed by atoms with Crippen molar-refractivity contribution >= 4 is 11.9 Å². The van der Waals surface area contributed by atoms with Crippen LogP contribution in [0.15, 0.2) is 41.2 Å². The summed E-state index contributed by atoms with van der Waals surface area (Å²) in [6.45, 7) is 5.07. The third kappa shape index (κ3) is 5.17. The minimum absolute atomic E-state index is 0.0266. The number of quaternary nitrogens is 1. The van der Waals surface area contributed by atoms with E-state index < -0.39 is 12.6 Å². The second-order valence-corrected chi connectivity index (χ2v) is 9.75. The summed E-state index contributed by atoms with van der Waals surface area (Å²) in [5, 5.41) is 10.5. The Bertz CT molecular complexity index is 1160. The first kappa shape index (κ1) is 23.7. The zero-order chi connectivity index (χ0) is 24.4. The molecule has 35 heavy (non-hydrogen) atoms. The Labute approximate surface area is 203 Å². The lowest BCUT2D eigenvalue weighted by atomic mass is 9.82. The topological polar surface area (TPSA) is 105 Å². The van der Waals surface area contributed by atoms with Gasteiger partial charge in [0, 0.05) is 42.4 Å². The number of carboxylic acids is 1. The number of carbonyl (C=O) groups excluding carboxylic acids is 2. The Balaban J connectivity index is 1.36. The Morgan fingerprint density at radius 1 is 1.03 bits per heavy atom. The summed E-state index contributed by atoms with van der Waals surface area (Å²) in [4.78, 5) is 40.0. The molecular formula is C26H31N3O6. The lowest BCUT2D eigenvalue weighted by molar-refractivity contribution is -0.921. The highest BCUT2D eigenvalue weighted by Crippen LogP contribution is 2.36. The number of morpholine rings is 1. The van der Waals surface area contributed by atoms with E-state index in [4.69, 9.17) is 9.47 Å². The summed E-state index contributed by atoms with van der Waals surface area (Å²) in [7, 11) is 0. The maximum Gasteiger partial charge on any atom is 0.258 e. The van der Waals surface area contributed by atoms with Gasteiger partial charge in [0.15, 0.2) is 0 Å². The number of hydrogen-bond donors (Lipinski definition) is 1. The number of carbonyl (C=O) groups is 2. The van der Waals surface area contributed by atoms with Crippen molar-refractivity contribution in [1.82, 2.24) is 9.47 Å². The van der Waals surface area contributed by atoms with Gasteiger partial charge in [-0.3, -0.25) is 9.59 Å². The summed E-state index contributed by atoms with van der Waals surface area (Å²) in [5.41, 5.74) is 3.87. The van der Waals surface area contributed by atoms with Gasteiger partial charge >= 0.3 is 0 Å². The molecule has 2 fully saturated rings. The third-order valence-corrected chi connectivity index (χ3v) is 7.35. The Hall–Kier alpha value is -3.01. The van der Waals surface area contributed by atoms with Crippen LogP contribution in [0.4, 0.5) is 0 Å². The predicted molar refractivity (Wildman–Crippen MR) is 125 cm³/mol. The SMILES string of the molecule is O=C([O-])COCC(=O)N1C[C@@H]2C[C@H](C1)c1ccc(-c3ccccc3C[NH+]3CCOCC3)c(=O)n1C2. The van der Waals surface area contributed by atoms with E-state index >= 15 is 0 Å². The van der Waals surface area contributed by atoms with Crippen molar-refractivity contribution in [2.24, 2.45) is 5.92 Å². The number of pyridine rings is 1. The molecule has 2 saturated heterocycles. The number of piperidine rings is 1. The van der Waals surface area contributed by atoms with Gasteiger partial charge in [0.25, 0.3) is 5.56 Å². The number of rotatable bonds is 7. The van der Waals surface area contributed by atoms with Crippen LogP contribution in [-0.4, -0.2) is 74.0 Å². The molecule has 0 unspecified atom stereocenters. The number of aliphatic carboxylic acids is 1. The van der Waals surface area contributed by atoms with Crippen molar-refractivity contribution in [3.63, 3.8) is 0 Å². The number of likely N-dealkylation sites (tertiary alicyclic amines) is 1. The van der Waals surface area contributed by atoms with Crippen molar-refractivity contribution in [3.8, 4) is 11.1 Å². The minimum atomic E-state index is -1.34. The molecule has 2 aromatic rings. The Morgan fingerprint density at radius 3 is 2.63 bits per heavy atom. The summed E-state index contributed by atoms with van der Waals surface area (Å²) in [6.07, 6.45) is 0.930. The van der Waals surface area contributed by atoms with Crippen LogP contribution in [0.3, 0.4) is 0 Å². The second kappa shape index (κ2) is 10.3. The van der Waals surface area contributed by atoms with Crippen LogP contribution in [0.2, 0.25) is 0 Å². The van der Waals surface area contributed by atoms with Crippen LogP contribution >= 0.6 is 0 Å². The first-order valence-electron chi connectivity index (χ1n) is 12.3. The summed E-state index contributed by atoms with van der Waals surface area (Å²) >= 11 is 0. The normalized spacial score (nSPS) is 22.0. The molecule has 0 aliphatic carbocycles. The van der Waals surface area contributed by atoms with E-state index in [1.165, 1.54) is 10.5 Å². The molecule has 5 rings (SSSR count). The first-order chi connectivity index (χ1) is 17.0. The van der Waals surface area contributed by atoms with Crippen LogP contribution in [0, 0.1) is 5.92 Å². The fourth-order valence-corrected chi connectivity index (χ4v) is 5.71. The van der Waals surface area contributed by atoms with E-state index in [1.807, 2.05) is 34.9 Å². The van der Waals surface area contributed by atoms with E-state index in [9.17, 15) is 19.5 Å². The maximum atomic E-state index is 13.7. The molecule has 9 nitrogen and oxygen atoms in total. The molecule has 0 radical (unpaired) electrons. The largest absolute Gasteiger partial charge is 0.548 e. The van der Waals surface area contributed by atoms with Crippen LogP contribution in [0.25, 0.3) is 11.1 Å². The van der Waals surface area contributed by atoms with Gasteiger partial charge in [-0.05, 0) is 30.0 Å². The second-order valence-electron chi connectivity index (χ2n) is 9.75. The molecule has 0 saturated carbocycles. The quantitative estimate of drug-likeness (QED) is 0.524. The van der Waals surface area contributed by atoms with E-state index in [2.05, 4.69) is 6.07 Å². The van der Waals surface area contributed by atoms with E-state index in [1.54, 1.807) is 4.90 Å². The van der Waals surface area contributed by atoms with Gasteiger partial charge in [-0.15, -0.1) is 0 Å². The van der Waals surface area contributed by atoms with Crippen LogP contribution in [-0.2, 0) is 32.2 Å². The molecule has 4 heterocycles. The van der Waals surface area contributed by atoms with Crippen molar-refractivity contribution in [3.05, 3.63) is 58.0 Å². The van der Waals surface area contributed by atoms with Gasteiger partial charge in [-0.1, -0.05) is 24.3 Å². The molecule has 186 valence electrons. The maximum absolute atomic E-state index is 13.7. The minimum Gasteiger partial charge on any atom is -0.548 e. The zero-order valence-electron chi connectivity index (χ0n) is 19.7. The average molecular weight is 482 g/mol. The molecule has 3 aliphatic rings. The number of aromatic nitrogens is 1. The van der Waals surface area contributed by atoms with E-state index in [0.29, 0.717) is 19.6 Å². The number of carboxylic acid groups (broad SMARTS) is 1. The Morgan fingerprint density at radius 2 is 1.83 bits per heavy atom. The predicted octanol–water partition coefficient (Wildman–Crippen LogP) is -1.36. The molecule has 1 aromatic carbocycles. The molecule has 0 spiro atoms. The van der Waals surface area contributed by atoms with Gasteiger partial charge in [-0.25, -0.2) is 0 Å². The number of fused-ring (bicyclic) bond motifs is 4. The van der Waals surface area contributed by atoms with Crippen molar-refractivity contribution < 1.29 is 29.1 Å². The fraction of sp³-hybridized carbons (Fsp3) is 0.500. The summed E-state index contributed by atoms with van der Waals surface area (Å²) in [6, 6.07) is 12.1. The highest BCUT2D eigenvalue weighted by molar-refractivity contribution is 5.78. The molecule has 9 heteroatoms. The molecular weight excluding hydrogens is 450 g/mol. The molecule has 1 aromatic heterocycles. The monoisotopic (exact) mass is 481 g/mol. The lowest BCUT2D eigenvalue weighted by Gasteiger charge is -2.43. The highest BCUT2D eigenvalue weighted by Gasteiger charge is 2.36. The van der Waals surface area contributed by atoms with Gasteiger partial charge < -0.3 is 33.7 Å². The van der Waals surface area contributed by atoms with Crippen molar-refractivity contribution in [2.75, 3.05) is 52.6 Å². The van der Waals surface area contributed by atoms with Gasteiger partial charge in [0.05, 0.1) is 25.8 Å². The van der Waals surface area contributed by atoms with Gasteiger partial charge in [0.2, 0.25) is 5.91 Å². The van der Waals surface area contributed by atoms with Gasteiger partial charge in [-0.2, -0.15) is 0 Å². The third-order valence-electron chi connectivity index (χ3n) is 7.35. The van der Waals surface area contributed by atoms with Crippen LogP contribution in [0.5, 0.6) is 0 Å². The summed E-state index contributed by atoms with van der Waals surface area (Å²) in [5.74, 6) is -1.33. The van der Waals surface area contributed by atoms with E-state index in [0.717, 1.165) is 56.1 Å². The molecule has 2 bridgehead atoms. The van der Waals surface area contributed by atoms with Crippen molar-refractivity contribution in [2.45, 2.75) is 25.4 Å². The highest BCUT2D eigenvalue weighted by atomic mass is 16.5. The molecule has 2 atom stereocenters. The standard InChI is InChI=1S/C26H31N3O6/c30-24(16-35-17-25(31)32)28-12-18-11-20(15-28)23-6-5-22(26(33)29(23)13-18)21-4-2-1-3-19(21)14-27-7-9-34-10-8-27/h1-6,18,20H,7-17H2,(H,31,32)/t18-,20+/m0/s1. The fourth-order valence-electron chi connectivity index (χ4n) is 5.71. The zero-order valence-corrected chi connectivity index (χ0v) is 19.7. The summed E-state index contributed by atoms with van der Waals surface area (Å²) < 4.78 is 12.3. The molecule has 1 amide bonds. The molecule has 3 aliphatic heterocycles. The number of nitrogens with zero attached hydrogens (tertiary/aromatic N) is 2. The molecule has 1 N–H and O–H groups in total.